The molecule has 39 heavy (non-hydrogen) atoms. The minimum atomic E-state index is -2.76. The van der Waals surface area contributed by atoms with Crippen LogP contribution >= 0.6 is 0 Å². The van der Waals surface area contributed by atoms with Gasteiger partial charge >= 0.3 is 6.03 Å². The van der Waals surface area contributed by atoms with Crippen LogP contribution in [0.3, 0.4) is 0 Å². The van der Waals surface area contributed by atoms with Gasteiger partial charge in [-0.1, -0.05) is 20.3 Å². The molecule has 1 N–H and O–H groups in total. The Morgan fingerprint density at radius 3 is 2.72 bits per heavy atom. The molecule has 2 amide bonds. The second-order valence-electron chi connectivity index (χ2n) is 10.1. The third-order valence-corrected chi connectivity index (χ3v) is 7.27. The van der Waals surface area contributed by atoms with Crippen LogP contribution < -0.4 is 5.32 Å². The number of nitrogens with zero attached hydrogens (tertiary/aromatic N) is 5. The fourth-order valence-corrected chi connectivity index (χ4v) is 5.08. The van der Waals surface area contributed by atoms with Gasteiger partial charge in [0, 0.05) is 37.4 Å². The van der Waals surface area contributed by atoms with E-state index in [2.05, 4.69) is 20.2 Å². The number of nitrogens with one attached hydrogen (secondary N) is 1. The molecule has 8 nitrogen and oxygen atoms in total. The SMILES string of the molecule is CC.CCN1C(=O)NC(CCC(C)(F)F)CCCCCOC2=NC(=C(C)N3CCN=C23)c2cc(ccn2)C1C. The van der Waals surface area contributed by atoms with Crippen molar-refractivity contribution in [1.82, 2.24) is 20.1 Å². The summed E-state index contributed by atoms with van der Waals surface area (Å²) in [4.78, 5) is 31.2. The number of carbonyl (C=O) groups excluding carboxylic acids is 1. The highest BCUT2D eigenvalue weighted by Crippen LogP contribution is 2.31. The van der Waals surface area contributed by atoms with E-state index >= 15 is 0 Å². The van der Waals surface area contributed by atoms with Crippen molar-refractivity contribution in [2.75, 3.05) is 26.2 Å². The van der Waals surface area contributed by atoms with E-state index in [1.807, 2.05) is 46.8 Å². The van der Waals surface area contributed by atoms with Crippen molar-refractivity contribution < 1.29 is 18.3 Å². The number of ether oxygens (including phenoxy) is 1. The molecule has 2 atom stereocenters. The lowest BCUT2D eigenvalue weighted by atomic mass is 10.0. The van der Waals surface area contributed by atoms with Gasteiger partial charge < -0.3 is 19.9 Å². The van der Waals surface area contributed by atoms with Crippen molar-refractivity contribution in [3.05, 3.63) is 35.3 Å². The van der Waals surface area contributed by atoms with Gasteiger partial charge in [-0.2, -0.15) is 0 Å². The van der Waals surface area contributed by atoms with Crippen LogP contribution in [-0.2, 0) is 4.74 Å². The summed E-state index contributed by atoms with van der Waals surface area (Å²) in [6.45, 7) is 13.3. The number of halogens is 2. The van der Waals surface area contributed by atoms with Crippen LogP contribution in [0.25, 0.3) is 5.70 Å². The molecule has 0 aliphatic carbocycles. The molecule has 3 aliphatic rings. The zero-order valence-corrected chi connectivity index (χ0v) is 24.3. The molecular weight excluding hydrogens is 502 g/mol. The molecule has 0 spiro atoms. The first-order valence-electron chi connectivity index (χ1n) is 14.3. The number of hydrogen-bond donors (Lipinski definition) is 1. The normalized spacial score (nSPS) is 22.5. The number of amides is 2. The summed E-state index contributed by atoms with van der Waals surface area (Å²) in [6, 6.07) is 3.06. The fraction of sp³-hybridized carbons (Fsp3) is 0.655. The van der Waals surface area contributed by atoms with Gasteiger partial charge in [-0.05, 0) is 71.1 Å². The number of aromatic nitrogens is 1. The van der Waals surface area contributed by atoms with Crippen LogP contribution in [0.1, 0.15) is 97.4 Å². The molecule has 0 fully saturated rings. The summed E-state index contributed by atoms with van der Waals surface area (Å²) in [7, 11) is 0. The van der Waals surface area contributed by atoms with E-state index in [0.29, 0.717) is 37.7 Å². The van der Waals surface area contributed by atoms with E-state index in [-0.39, 0.29) is 31.0 Å². The van der Waals surface area contributed by atoms with Crippen molar-refractivity contribution in [3.8, 4) is 0 Å². The third kappa shape index (κ3) is 7.76. The monoisotopic (exact) mass is 546 g/mol. The maximum atomic E-state index is 13.6. The molecule has 4 bridgehead atoms. The third-order valence-electron chi connectivity index (χ3n) is 7.27. The first-order valence-corrected chi connectivity index (χ1v) is 14.3. The number of amidine groups is 1. The maximum absolute atomic E-state index is 13.6. The number of hydrogen-bond acceptors (Lipinski definition) is 6. The summed E-state index contributed by atoms with van der Waals surface area (Å²) in [5.41, 5.74) is 3.33. The number of pyridine rings is 1. The molecule has 1 aromatic heterocycles. The summed E-state index contributed by atoms with van der Waals surface area (Å²) in [6.07, 6.45) is 4.80. The number of allylic oxidation sites excluding steroid dienone is 1. The van der Waals surface area contributed by atoms with Crippen LogP contribution in [0.15, 0.2) is 34.0 Å². The smallest absolute Gasteiger partial charge is 0.318 e. The summed E-state index contributed by atoms with van der Waals surface area (Å²) in [5.74, 6) is -1.49. The molecule has 4 rings (SSSR count). The summed E-state index contributed by atoms with van der Waals surface area (Å²) < 4.78 is 33.3. The second-order valence-corrected chi connectivity index (χ2v) is 10.1. The van der Waals surface area contributed by atoms with Crippen LogP contribution in [0.2, 0.25) is 0 Å². The molecule has 0 aromatic carbocycles. The second kappa shape index (κ2) is 13.8. The molecule has 0 saturated carbocycles. The Morgan fingerprint density at radius 1 is 1.23 bits per heavy atom. The molecular formula is C29H44F2N6O2. The van der Waals surface area contributed by atoms with Gasteiger partial charge in [-0.15, -0.1) is 0 Å². The van der Waals surface area contributed by atoms with E-state index in [1.54, 1.807) is 11.1 Å². The summed E-state index contributed by atoms with van der Waals surface area (Å²) >= 11 is 0. The Balaban J connectivity index is 0.00000205. The Labute approximate surface area is 231 Å². The van der Waals surface area contributed by atoms with Crippen molar-refractivity contribution in [1.29, 1.82) is 0 Å². The highest BCUT2D eigenvalue weighted by molar-refractivity contribution is 6.40. The molecule has 4 heterocycles. The number of alkyl halides is 2. The van der Waals surface area contributed by atoms with Crippen molar-refractivity contribution >= 4 is 23.5 Å². The van der Waals surface area contributed by atoms with Crippen LogP contribution in [0.4, 0.5) is 13.6 Å². The van der Waals surface area contributed by atoms with Crippen molar-refractivity contribution in [3.63, 3.8) is 0 Å². The van der Waals surface area contributed by atoms with Gasteiger partial charge in [0.15, 0.2) is 5.84 Å². The number of fused-ring (bicyclic) bond motifs is 6. The minimum Gasteiger partial charge on any atom is -0.475 e. The molecule has 216 valence electrons. The van der Waals surface area contributed by atoms with Gasteiger partial charge in [-0.3, -0.25) is 9.98 Å². The van der Waals surface area contributed by atoms with Gasteiger partial charge in [0.25, 0.3) is 5.90 Å². The Bertz CT molecular complexity index is 1080. The number of urea groups is 1. The van der Waals surface area contributed by atoms with Crippen LogP contribution in [0.5, 0.6) is 0 Å². The zero-order valence-electron chi connectivity index (χ0n) is 24.3. The zero-order chi connectivity index (χ0) is 28.6. The van der Waals surface area contributed by atoms with E-state index in [1.165, 1.54) is 0 Å². The lowest BCUT2D eigenvalue weighted by Gasteiger charge is -2.31. The Hall–Kier alpha value is -3.04. The minimum absolute atomic E-state index is 0.233. The van der Waals surface area contributed by atoms with Gasteiger partial charge in [-0.25, -0.2) is 18.6 Å². The van der Waals surface area contributed by atoms with Crippen molar-refractivity contribution in [2.45, 2.75) is 98.1 Å². The molecule has 0 radical (unpaired) electrons. The van der Waals surface area contributed by atoms with Crippen LogP contribution in [0, 0.1) is 0 Å². The largest absolute Gasteiger partial charge is 0.475 e. The Morgan fingerprint density at radius 2 is 2.00 bits per heavy atom. The first-order chi connectivity index (χ1) is 18.7. The highest BCUT2D eigenvalue weighted by Gasteiger charge is 2.32. The molecule has 3 aliphatic heterocycles. The topological polar surface area (TPSA) is 82.4 Å². The lowest BCUT2D eigenvalue weighted by Crippen LogP contribution is -2.46. The van der Waals surface area contributed by atoms with Gasteiger partial charge in [0.1, 0.15) is 5.70 Å². The quantitative estimate of drug-likeness (QED) is 0.473. The average molecular weight is 547 g/mol. The molecule has 10 heteroatoms. The molecule has 2 unspecified atom stereocenters. The summed E-state index contributed by atoms with van der Waals surface area (Å²) in [5, 5.41) is 3.05. The highest BCUT2D eigenvalue weighted by atomic mass is 19.3. The fourth-order valence-electron chi connectivity index (χ4n) is 5.08. The van der Waals surface area contributed by atoms with Gasteiger partial charge in [0.2, 0.25) is 5.92 Å². The van der Waals surface area contributed by atoms with E-state index < -0.39 is 5.92 Å². The first kappa shape index (κ1) is 30.5. The van der Waals surface area contributed by atoms with E-state index in [0.717, 1.165) is 55.5 Å². The maximum Gasteiger partial charge on any atom is 0.318 e. The number of carbonyl (C=O) groups is 1. The van der Waals surface area contributed by atoms with Crippen molar-refractivity contribution in [2.24, 2.45) is 9.98 Å². The molecule has 0 saturated heterocycles. The molecule has 1 aromatic rings. The average Bonchev–Trinajstić information content (AvgIpc) is 3.42. The standard InChI is InChI=1S/C27H38F2N6O2.C2H6/c1-5-34-18(2)20-11-13-30-22(17-20)23-19(3)35-15-14-31-24(35)25(33-23)37-16-8-6-7-9-21(32-26(34)36)10-12-27(4,28)29;1-2/h11,13,17-18,21H,5-10,12,14-16H2,1-4H3,(H,32,36);1-2H3. The predicted molar refractivity (Wildman–Crippen MR) is 152 cm³/mol. The lowest BCUT2D eigenvalue weighted by molar-refractivity contribution is 0.00804. The van der Waals surface area contributed by atoms with E-state index in [4.69, 9.17) is 9.73 Å². The Kier molecular flexibility index (Phi) is 10.8. The number of rotatable bonds is 4. The van der Waals surface area contributed by atoms with Gasteiger partial charge in [0.05, 0.1) is 24.9 Å². The predicted octanol–water partition coefficient (Wildman–Crippen LogP) is 6.41. The van der Waals surface area contributed by atoms with E-state index in [9.17, 15) is 13.6 Å². The van der Waals surface area contributed by atoms with Crippen LogP contribution in [-0.4, -0.2) is 70.8 Å². The number of aliphatic imine (C=N–C) groups is 2.